The molecule has 1 amide bonds. The van der Waals surface area contributed by atoms with Gasteiger partial charge in [0, 0.05) is 0 Å². The lowest BCUT2D eigenvalue weighted by Gasteiger charge is -2.11. The van der Waals surface area contributed by atoms with Crippen LogP contribution < -0.4 is 14.8 Å². The van der Waals surface area contributed by atoms with Crippen molar-refractivity contribution in [3.63, 3.8) is 0 Å². The van der Waals surface area contributed by atoms with Gasteiger partial charge in [-0.25, -0.2) is 4.98 Å². The highest BCUT2D eigenvalue weighted by molar-refractivity contribution is 7.22. The second-order valence-corrected chi connectivity index (χ2v) is 6.44. The van der Waals surface area contributed by atoms with Crippen LogP contribution in [0.15, 0.2) is 36.4 Å². The third-order valence-electron chi connectivity index (χ3n) is 3.60. The number of thiazole rings is 1. The van der Waals surface area contributed by atoms with E-state index in [-0.39, 0.29) is 12.5 Å². The molecule has 3 aromatic rings. The highest BCUT2D eigenvalue weighted by Gasteiger charge is 2.11. The van der Waals surface area contributed by atoms with Gasteiger partial charge in [-0.05, 0) is 43.2 Å². The highest BCUT2D eigenvalue weighted by atomic mass is 32.1. The summed E-state index contributed by atoms with van der Waals surface area (Å²) in [5.41, 5.74) is 2.84. The summed E-state index contributed by atoms with van der Waals surface area (Å²) >= 11 is 1.40. The molecule has 0 unspecified atom stereocenters. The van der Waals surface area contributed by atoms with Crippen LogP contribution in [0.1, 0.15) is 11.1 Å². The van der Waals surface area contributed by atoms with E-state index in [0.717, 1.165) is 32.8 Å². The summed E-state index contributed by atoms with van der Waals surface area (Å²) in [5, 5.41) is 3.33. The van der Waals surface area contributed by atoms with Crippen molar-refractivity contribution in [2.45, 2.75) is 13.8 Å². The summed E-state index contributed by atoms with van der Waals surface area (Å²) in [7, 11) is 1.62. The van der Waals surface area contributed by atoms with Gasteiger partial charge >= 0.3 is 0 Å². The number of hydrogen-bond acceptors (Lipinski definition) is 5. The number of amides is 1. The monoisotopic (exact) mass is 342 g/mol. The van der Waals surface area contributed by atoms with Crippen LogP contribution in [-0.2, 0) is 4.79 Å². The van der Waals surface area contributed by atoms with Gasteiger partial charge in [0.25, 0.3) is 5.91 Å². The topological polar surface area (TPSA) is 60.5 Å². The molecule has 5 nitrogen and oxygen atoms in total. The average Bonchev–Trinajstić information content (AvgIpc) is 2.95. The first-order valence-electron chi connectivity index (χ1n) is 7.50. The number of aromatic nitrogens is 1. The Bertz CT molecular complexity index is 869. The molecule has 24 heavy (non-hydrogen) atoms. The molecule has 1 aromatic heterocycles. The number of hydrogen-bond donors (Lipinski definition) is 1. The van der Waals surface area contributed by atoms with Gasteiger partial charge in [0.15, 0.2) is 11.7 Å². The summed E-state index contributed by atoms with van der Waals surface area (Å²) in [4.78, 5) is 16.5. The van der Waals surface area contributed by atoms with Gasteiger partial charge in [0.1, 0.15) is 11.5 Å². The summed E-state index contributed by atoms with van der Waals surface area (Å²) in [5.74, 6) is 1.28. The molecule has 0 spiro atoms. The summed E-state index contributed by atoms with van der Waals surface area (Å²) in [6.07, 6.45) is 0. The van der Waals surface area contributed by atoms with Crippen LogP contribution >= 0.6 is 11.3 Å². The van der Waals surface area contributed by atoms with Gasteiger partial charge < -0.3 is 9.47 Å². The molecule has 2 aromatic carbocycles. The maximum atomic E-state index is 12.1. The van der Waals surface area contributed by atoms with Gasteiger partial charge in [-0.3, -0.25) is 10.1 Å². The smallest absolute Gasteiger partial charge is 0.264 e. The zero-order valence-electron chi connectivity index (χ0n) is 13.8. The largest absolute Gasteiger partial charge is 0.497 e. The van der Waals surface area contributed by atoms with Crippen LogP contribution in [-0.4, -0.2) is 24.6 Å². The number of nitrogens with zero attached hydrogens (tertiary/aromatic N) is 1. The number of fused-ring (bicyclic) bond motifs is 1. The predicted molar refractivity (Wildman–Crippen MR) is 96.2 cm³/mol. The fourth-order valence-corrected chi connectivity index (χ4v) is 3.32. The number of carbonyl (C=O) groups excluding carboxylic acids is 1. The lowest BCUT2D eigenvalue weighted by Crippen LogP contribution is -2.20. The van der Waals surface area contributed by atoms with Gasteiger partial charge in [0.2, 0.25) is 0 Å². The molecular formula is C18H18N2O3S. The first kappa shape index (κ1) is 16.3. The van der Waals surface area contributed by atoms with E-state index in [2.05, 4.69) is 10.3 Å². The maximum absolute atomic E-state index is 12.1. The Morgan fingerprint density at radius 3 is 2.67 bits per heavy atom. The molecule has 124 valence electrons. The molecule has 6 heteroatoms. The maximum Gasteiger partial charge on any atom is 0.264 e. The number of benzene rings is 2. The zero-order chi connectivity index (χ0) is 17.1. The van der Waals surface area contributed by atoms with Crippen molar-refractivity contribution in [2.24, 2.45) is 0 Å². The molecule has 0 atom stereocenters. The number of aryl methyl sites for hydroxylation is 2. The fourth-order valence-electron chi connectivity index (χ4n) is 2.41. The molecule has 0 saturated heterocycles. The fraction of sp³-hybridized carbons (Fsp3) is 0.222. The normalized spacial score (nSPS) is 10.6. The lowest BCUT2D eigenvalue weighted by atomic mass is 10.1. The van der Waals surface area contributed by atoms with Crippen molar-refractivity contribution in [1.29, 1.82) is 0 Å². The minimum Gasteiger partial charge on any atom is -0.497 e. The molecule has 0 fully saturated rings. The minimum atomic E-state index is -0.233. The first-order chi connectivity index (χ1) is 11.6. The van der Waals surface area contributed by atoms with E-state index >= 15 is 0 Å². The number of ether oxygens (including phenoxy) is 2. The van der Waals surface area contributed by atoms with Crippen LogP contribution in [0.2, 0.25) is 0 Å². The van der Waals surface area contributed by atoms with Gasteiger partial charge in [0.05, 0.1) is 17.3 Å². The Morgan fingerprint density at radius 2 is 1.96 bits per heavy atom. The molecule has 0 aliphatic rings. The van der Waals surface area contributed by atoms with E-state index in [4.69, 9.17) is 9.47 Å². The summed E-state index contributed by atoms with van der Waals surface area (Å²) in [6, 6.07) is 11.5. The zero-order valence-corrected chi connectivity index (χ0v) is 14.6. The van der Waals surface area contributed by atoms with Gasteiger partial charge in [-0.2, -0.15) is 0 Å². The van der Waals surface area contributed by atoms with Crippen molar-refractivity contribution >= 4 is 32.6 Å². The number of nitrogens with one attached hydrogen (secondary N) is 1. The van der Waals surface area contributed by atoms with Crippen molar-refractivity contribution in [3.05, 3.63) is 47.5 Å². The Kier molecular flexibility index (Phi) is 4.66. The third-order valence-corrected chi connectivity index (χ3v) is 4.53. The Hall–Kier alpha value is -2.60. The molecular weight excluding hydrogens is 324 g/mol. The molecule has 3 rings (SSSR count). The number of para-hydroxylation sites is 1. The van der Waals surface area contributed by atoms with Crippen molar-refractivity contribution < 1.29 is 14.3 Å². The standard InChI is InChI=1S/C18H18N2O3S/c1-11-5-4-6-12(2)17(11)23-10-16(21)20-18-19-14-8-7-13(22-3)9-15(14)24-18/h4-9H,10H2,1-3H3,(H,19,20,21). The second kappa shape index (κ2) is 6.88. The minimum absolute atomic E-state index is 0.0507. The van der Waals surface area contributed by atoms with Crippen LogP contribution in [0, 0.1) is 13.8 Å². The van der Waals surface area contributed by atoms with E-state index in [0.29, 0.717) is 5.13 Å². The van der Waals surface area contributed by atoms with E-state index < -0.39 is 0 Å². The number of carbonyl (C=O) groups is 1. The van der Waals surface area contributed by atoms with Crippen LogP contribution in [0.3, 0.4) is 0 Å². The first-order valence-corrected chi connectivity index (χ1v) is 8.32. The van der Waals surface area contributed by atoms with E-state index in [9.17, 15) is 4.79 Å². The SMILES string of the molecule is COc1ccc2nc(NC(=O)COc3c(C)cccc3C)sc2c1. The van der Waals surface area contributed by atoms with Crippen LogP contribution in [0.25, 0.3) is 10.2 Å². The number of anilines is 1. The van der Waals surface area contributed by atoms with Crippen molar-refractivity contribution in [2.75, 3.05) is 19.0 Å². The third kappa shape index (κ3) is 3.49. The average molecular weight is 342 g/mol. The van der Waals surface area contributed by atoms with E-state index in [1.54, 1.807) is 7.11 Å². The molecule has 0 saturated carbocycles. The Morgan fingerprint density at radius 1 is 1.21 bits per heavy atom. The van der Waals surface area contributed by atoms with Gasteiger partial charge in [-0.15, -0.1) is 0 Å². The van der Waals surface area contributed by atoms with Crippen molar-refractivity contribution in [3.8, 4) is 11.5 Å². The number of methoxy groups -OCH3 is 1. The molecule has 1 N–H and O–H groups in total. The Labute approximate surface area is 144 Å². The quantitative estimate of drug-likeness (QED) is 0.763. The summed E-state index contributed by atoms with van der Waals surface area (Å²) < 4.78 is 11.8. The predicted octanol–water partition coefficient (Wildman–Crippen LogP) is 3.94. The highest BCUT2D eigenvalue weighted by Crippen LogP contribution is 2.29. The van der Waals surface area contributed by atoms with Crippen LogP contribution in [0.4, 0.5) is 5.13 Å². The molecule has 0 radical (unpaired) electrons. The van der Waals surface area contributed by atoms with E-state index in [1.165, 1.54) is 11.3 Å². The Balaban J connectivity index is 1.66. The molecule has 1 heterocycles. The molecule has 0 bridgehead atoms. The number of rotatable bonds is 5. The van der Waals surface area contributed by atoms with E-state index in [1.807, 2.05) is 50.2 Å². The van der Waals surface area contributed by atoms with Crippen LogP contribution in [0.5, 0.6) is 11.5 Å². The van der Waals surface area contributed by atoms with Gasteiger partial charge in [-0.1, -0.05) is 29.5 Å². The summed E-state index contributed by atoms with van der Waals surface area (Å²) in [6.45, 7) is 3.87. The van der Waals surface area contributed by atoms with Crippen molar-refractivity contribution in [1.82, 2.24) is 4.98 Å². The second-order valence-electron chi connectivity index (χ2n) is 5.41. The lowest BCUT2D eigenvalue weighted by molar-refractivity contribution is -0.118. The molecule has 0 aliphatic heterocycles. The molecule has 0 aliphatic carbocycles.